The first-order valence-electron chi connectivity index (χ1n) is 14.3. The van der Waals surface area contributed by atoms with Crippen LogP contribution >= 0.6 is 0 Å². The smallest absolute Gasteiger partial charge is 0.408 e. The quantitative estimate of drug-likeness (QED) is 0.304. The van der Waals surface area contributed by atoms with Gasteiger partial charge in [-0.3, -0.25) is 14.4 Å². The van der Waals surface area contributed by atoms with Crippen LogP contribution < -0.4 is 16.4 Å². The molecule has 4 amide bonds. The number of amides is 4. The zero-order chi connectivity index (χ0) is 30.6. The van der Waals surface area contributed by atoms with Crippen LogP contribution in [-0.2, 0) is 19.1 Å². The molecule has 0 spiro atoms. The van der Waals surface area contributed by atoms with E-state index in [1.54, 1.807) is 25.7 Å². The molecule has 1 fully saturated rings. The third-order valence-corrected chi connectivity index (χ3v) is 7.22. The number of hydrogen-bond acceptors (Lipinski definition) is 5. The van der Waals surface area contributed by atoms with Crippen LogP contribution in [0, 0.1) is 13.8 Å². The van der Waals surface area contributed by atoms with Crippen molar-refractivity contribution in [1.29, 1.82) is 0 Å². The Bertz CT molecular complexity index is 1470. The lowest BCUT2D eigenvalue weighted by molar-refractivity contribution is -0.141. The number of fused-ring (bicyclic) bond motifs is 1. The summed E-state index contributed by atoms with van der Waals surface area (Å²) in [4.78, 5) is 54.6. The van der Waals surface area contributed by atoms with E-state index < -0.39 is 35.6 Å². The Morgan fingerprint density at radius 2 is 1.60 bits per heavy atom. The number of benzene rings is 3. The largest absolute Gasteiger partial charge is 0.444 e. The molecular formula is C33H40N4O5. The van der Waals surface area contributed by atoms with E-state index in [1.165, 1.54) is 0 Å². The molecule has 0 heterocycles. The van der Waals surface area contributed by atoms with Crippen LogP contribution in [0.15, 0.2) is 60.7 Å². The molecule has 1 aliphatic carbocycles. The summed E-state index contributed by atoms with van der Waals surface area (Å²) in [7, 11) is 0. The van der Waals surface area contributed by atoms with Crippen molar-refractivity contribution in [2.75, 3.05) is 5.32 Å². The van der Waals surface area contributed by atoms with E-state index in [0.29, 0.717) is 18.5 Å². The third kappa shape index (κ3) is 7.66. The van der Waals surface area contributed by atoms with Gasteiger partial charge in [-0.15, -0.1) is 0 Å². The minimum absolute atomic E-state index is 0.0254. The maximum atomic E-state index is 14.3. The number of primary amides is 1. The molecule has 3 aromatic carbocycles. The highest BCUT2D eigenvalue weighted by Crippen LogP contribution is 2.38. The van der Waals surface area contributed by atoms with Gasteiger partial charge in [-0.05, 0) is 93.5 Å². The molecule has 42 heavy (non-hydrogen) atoms. The van der Waals surface area contributed by atoms with Crippen molar-refractivity contribution in [2.24, 2.45) is 5.73 Å². The number of anilines is 1. The standard InChI is InChI=1S/C33H40N4O5/c1-20-9-8-10-21(2)28(20)29(30(39)35-24-14-13-22-11-6-7-12-23(22)19-24)37(25-15-16-25)31(40)26(17-18-27(34)38)36-32(41)42-33(3,4)5/h6-14,19,25-26,29H,15-18H2,1-5H3,(H2,34,38)(H,35,39)(H,36,41). The van der Waals surface area contributed by atoms with Crippen LogP contribution in [0.3, 0.4) is 0 Å². The van der Waals surface area contributed by atoms with Gasteiger partial charge >= 0.3 is 6.09 Å². The van der Waals surface area contributed by atoms with Crippen molar-refractivity contribution in [3.05, 3.63) is 77.4 Å². The first-order valence-corrected chi connectivity index (χ1v) is 14.3. The summed E-state index contributed by atoms with van der Waals surface area (Å²) in [5.74, 6) is -1.43. The summed E-state index contributed by atoms with van der Waals surface area (Å²) in [5, 5.41) is 7.71. The summed E-state index contributed by atoms with van der Waals surface area (Å²) in [6.45, 7) is 8.99. The average molecular weight is 573 g/mol. The minimum Gasteiger partial charge on any atom is -0.444 e. The number of ether oxygens (including phenoxy) is 1. The first kappa shape index (κ1) is 30.6. The highest BCUT2D eigenvalue weighted by atomic mass is 16.6. The summed E-state index contributed by atoms with van der Waals surface area (Å²) >= 11 is 0. The second-order valence-electron chi connectivity index (χ2n) is 11.9. The second kappa shape index (κ2) is 12.6. The number of nitrogens with two attached hydrogens (primary N) is 1. The molecular weight excluding hydrogens is 532 g/mol. The Morgan fingerprint density at radius 3 is 2.19 bits per heavy atom. The molecule has 4 N–H and O–H groups in total. The first-order chi connectivity index (χ1) is 19.8. The summed E-state index contributed by atoms with van der Waals surface area (Å²) in [6, 6.07) is 17.0. The lowest BCUT2D eigenvalue weighted by Crippen LogP contribution is -2.53. The fourth-order valence-corrected chi connectivity index (χ4v) is 5.18. The highest BCUT2D eigenvalue weighted by molar-refractivity contribution is 6.01. The Labute approximate surface area is 246 Å². The number of nitrogens with one attached hydrogen (secondary N) is 2. The van der Waals surface area contributed by atoms with Gasteiger partial charge in [0.2, 0.25) is 11.8 Å². The molecule has 0 bridgehead atoms. The Balaban J connectivity index is 1.73. The Kier molecular flexibility index (Phi) is 9.19. The normalized spacial score (nSPS) is 14.5. The summed E-state index contributed by atoms with van der Waals surface area (Å²) in [6.07, 6.45) is 0.492. The predicted molar refractivity (Wildman–Crippen MR) is 163 cm³/mol. The van der Waals surface area contributed by atoms with Crippen molar-refractivity contribution in [3.8, 4) is 0 Å². The number of carbonyl (C=O) groups excluding carboxylic acids is 4. The molecule has 2 unspecified atom stereocenters. The van der Waals surface area contributed by atoms with Gasteiger partial charge in [-0.2, -0.15) is 0 Å². The zero-order valence-corrected chi connectivity index (χ0v) is 24.9. The van der Waals surface area contributed by atoms with E-state index >= 15 is 0 Å². The van der Waals surface area contributed by atoms with Crippen molar-refractivity contribution in [3.63, 3.8) is 0 Å². The van der Waals surface area contributed by atoms with Gasteiger partial charge in [0.1, 0.15) is 17.7 Å². The molecule has 9 heteroatoms. The number of rotatable bonds is 10. The lowest BCUT2D eigenvalue weighted by atomic mass is 9.93. The minimum atomic E-state index is -1.12. The van der Waals surface area contributed by atoms with Gasteiger partial charge < -0.3 is 26.0 Å². The second-order valence-corrected chi connectivity index (χ2v) is 11.9. The molecule has 4 rings (SSSR count). The number of nitrogens with zero attached hydrogens (tertiary/aromatic N) is 1. The van der Waals surface area contributed by atoms with E-state index in [-0.39, 0.29) is 24.8 Å². The predicted octanol–water partition coefficient (Wildman–Crippen LogP) is 5.29. The van der Waals surface area contributed by atoms with Crippen LogP contribution in [0.25, 0.3) is 10.8 Å². The van der Waals surface area contributed by atoms with E-state index in [9.17, 15) is 19.2 Å². The van der Waals surface area contributed by atoms with Gasteiger partial charge in [0.25, 0.3) is 5.91 Å². The molecule has 0 radical (unpaired) electrons. The Morgan fingerprint density at radius 1 is 0.952 bits per heavy atom. The van der Waals surface area contributed by atoms with Crippen molar-refractivity contribution < 1.29 is 23.9 Å². The Hall–Kier alpha value is -4.40. The number of carbonyl (C=O) groups is 4. The highest BCUT2D eigenvalue weighted by Gasteiger charge is 2.45. The molecule has 3 aromatic rings. The molecule has 0 saturated heterocycles. The third-order valence-electron chi connectivity index (χ3n) is 7.22. The van der Waals surface area contributed by atoms with Crippen molar-refractivity contribution >= 4 is 40.3 Å². The summed E-state index contributed by atoms with van der Waals surface area (Å²) in [5.41, 5.74) is 7.68. The van der Waals surface area contributed by atoms with Crippen LogP contribution in [0.5, 0.6) is 0 Å². The van der Waals surface area contributed by atoms with Gasteiger partial charge in [0.15, 0.2) is 0 Å². The number of alkyl carbamates (subject to hydrolysis) is 1. The SMILES string of the molecule is Cc1cccc(C)c1C(C(=O)Nc1ccc2ccccc2c1)N(C(=O)C(CCC(N)=O)NC(=O)OC(C)(C)C)C1CC1. The molecule has 2 atom stereocenters. The molecule has 0 aliphatic heterocycles. The summed E-state index contributed by atoms with van der Waals surface area (Å²) < 4.78 is 5.41. The number of aryl methyl sites for hydroxylation is 2. The number of hydrogen-bond donors (Lipinski definition) is 3. The van der Waals surface area contributed by atoms with Gasteiger partial charge in [-0.1, -0.05) is 48.5 Å². The van der Waals surface area contributed by atoms with Gasteiger partial charge in [0.05, 0.1) is 0 Å². The van der Waals surface area contributed by atoms with Gasteiger partial charge in [-0.25, -0.2) is 4.79 Å². The molecule has 9 nitrogen and oxygen atoms in total. The van der Waals surface area contributed by atoms with Crippen LogP contribution in [-0.4, -0.2) is 46.4 Å². The molecule has 0 aromatic heterocycles. The van der Waals surface area contributed by atoms with Gasteiger partial charge in [0, 0.05) is 18.2 Å². The van der Waals surface area contributed by atoms with E-state index in [1.807, 2.05) is 74.5 Å². The fraction of sp³-hybridized carbons (Fsp3) is 0.394. The van der Waals surface area contributed by atoms with E-state index in [2.05, 4.69) is 10.6 Å². The van der Waals surface area contributed by atoms with E-state index in [4.69, 9.17) is 10.5 Å². The van der Waals surface area contributed by atoms with Crippen LogP contribution in [0.1, 0.15) is 69.2 Å². The topological polar surface area (TPSA) is 131 Å². The van der Waals surface area contributed by atoms with Crippen LogP contribution in [0.4, 0.5) is 10.5 Å². The monoisotopic (exact) mass is 572 g/mol. The molecule has 1 aliphatic rings. The maximum absolute atomic E-state index is 14.3. The van der Waals surface area contributed by atoms with Crippen molar-refractivity contribution in [2.45, 2.75) is 84.0 Å². The van der Waals surface area contributed by atoms with Crippen molar-refractivity contribution in [1.82, 2.24) is 10.2 Å². The maximum Gasteiger partial charge on any atom is 0.408 e. The molecule has 222 valence electrons. The lowest BCUT2D eigenvalue weighted by Gasteiger charge is -2.36. The van der Waals surface area contributed by atoms with E-state index in [0.717, 1.165) is 27.5 Å². The average Bonchev–Trinajstić information content (AvgIpc) is 3.74. The van der Waals surface area contributed by atoms with Crippen LogP contribution in [0.2, 0.25) is 0 Å². The zero-order valence-electron chi connectivity index (χ0n) is 24.9. The fourth-order valence-electron chi connectivity index (χ4n) is 5.18. The molecule has 1 saturated carbocycles.